The zero-order valence-corrected chi connectivity index (χ0v) is 15.8. The summed E-state index contributed by atoms with van der Waals surface area (Å²) in [6.07, 6.45) is 0.922. The first-order valence-corrected chi connectivity index (χ1v) is 9.41. The summed E-state index contributed by atoms with van der Waals surface area (Å²) in [5, 5.41) is 5.19. The van der Waals surface area contributed by atoms with Crippen LogP contribution in [0.2, 0.25) is 0 Å². The molecule has 0 N–H and O–H groups in total. The van der Waals surface area contributed by atoms with E-state index in [0.717, 1.165) is 43.9 Å². The monoisotopic (exact) mass is 367 g/mol. The first-order valence-electron chi connectivity index (χ1n) is 9.41. The van der Waals surface area contributed by atoms with Gasteiger partial charge >= 0.3 is 0 Å². The molecule has 1 aromatic carbocycles. The maximum Gasteiger partial charge on any atom is 0.240 e. The number of nitrogens with zero attached hydrogens (tertiary/aromatic N) is 5. The van der Waals surface area contributed by atoms with Crippen LogP contribution in [0.3, 0.4) is 0 Å². The predicted molar refractivity (Wildman–Crippen MR) is 104 cm³/mol. The first kappa shape index (κ1) is 17.9. The highest BCUT2D eigenvalue weighted by Gasteiger charge is 2.19. The van der Waals surface area contributed by atoms with Gasteiger partial charge in [0.05, 0.1) is 12.1 Å². The molecule has 7 heteroatoms. The average molecular weight is 367 g/mol. The summed E-state index contributed by atoms with van der Waals surface area (Å²) >= 11 is 0. The van der Waals surface area contributed by atoms with Crippen LogP contribution in [0.25, 0.3) is 10.9 Å². The van der Waals surface area contributed by atoms with E-state index in [-0.39, 0.29) is 6.10 Å². The second-order valence-electron chi connectivity index (χ2n) is 6.90. The molecule has 1 fully saturated rings. The number of ether oxygens (including phenoxy) is 1. The molecule has 142 valence electrons. The Bertz CT molecular complexity index is 897. The molecular weight excluding hydrogens is 342 g/mol. The Morgan fingerprint density at radius 1 is 1.07 bits per heavy atom. The molecule has 1 saturated heterocycles. The van der Waals surface area contributed by atoms with Crippen molar-refractivity contribution in [1.82, 2.24) is 20.0 Å². The molecule has 1 aliphatic rings. The average Bonchev–Trinajstić information content (AvgIpc) is 3.05. The number of hydrogen-bond donors (Lipinski definition) is 0. The lowest BCUT2D eigenvalue weighted by Gasteiger charge is -2.22. The summed E-state index contributed by atoms with van der Waals surface area (Å²) in [6, 6.07) is 12.5. The van der Waals surface area contributed by atoms with Gasteiger partial charge in [-0.25, -0.2) is 4.98 Å². The molecule has 4 rings (SSSR count). The molecule has 2 aromatic heterocycles. The molecular formula is C20H25N5O2. The third-order valence-electron chi connectivity index (χ3n) is 5.06. The van der Waals surface area contributed by atoms with E-state index < -0.39 is 0 Å². The number of para-hydroxylation sites is 1. The summed E-state index contributed by atoms with van der Waals surface area (Å²) in [4.78, 5) is 14.0. The van der Waals surface area contributed by atoms with Gasteiger partial charge in [0.2, 0.25) is 5.89 Å². The van der Waals surface area contributed by atoms with E-state index in [2.05, 4.69) is 44.2 Å². The Hall–Kier alpha value is -2.51. The second kappa shape index (κ2) is 8.02. The Morgan fingerprint density at radius 3 is 2.85 bits per heavy atom. The van der Waals surface area contributed by atoms with Crippen molar-refractivity contribution in [1.29, 1.82) is 0 Å². The molecule has 0 aliphatic carbocycles. The summed E-state index contributed by atoms with van der Waals surface area (Å²) in [7, 11) is 1.64. The Balaban J connectivity index is 1.40. The van der Waals surface area contributed by atoms with E-state index in [0.29, 0.717) is 18.3 Å². The van der Waals surface area contributed by atoms with E-state index in [9.17, 15) is 0 Å². The number of methoxy groups -OCH3 is 1. The number of fused-ring (bicyclic) bond motifs is 1. The van der Waals surface area contributed by atoms with E-state index in [1.165, 1.54) is 5.39 Å². The number of hydrogen-bond acceptors (Lipinski definition) is 7. The van der Waals surface area contributed by atoms with Gasteiger partial charge in [-0.15, -0.1) is 0 Å². The normalized spacial score (nSPS) is 17.2. The van der Waals surface area contributed by atoms with Gasteiger partial charge in [0.1, 0.15) is 11.9 Å². The summed E-state index contributed by atoms with van der Waals surface area (Å²) in [6.45, 7) is 6.45. The van der Waals surface area contributed by atoms with Gasteiger partial charge in [-0.1, -0.05) is 23.4 Å². The molecule has 1 atom stereocenters. The molecule has 1 aliphatic heterocycles. The van der Waals surface area contributed by atoms with Crippen molar-refractivity contribution in [2.24, 2.45) is 0 Å². The maximum atomic E-state index is 5.38. The third-order valence-corrected chi connectivity index (χ3v) is 5.06. The molecule has 0 spiro atoms. The molecule has 3 heterocycles. The first-order chi connectivity index (χ1) is 13.2. The molecule has 1 unspecified atom stereocenters. The van der Waals surface area contributed by atoms with E-state index in [4.69, 9.17) is 14.2 Å². The fourth-order valence-electron chi connectivity index (χ4n) is 3.38. The Morgan fingerprint density at radius 2 is 1.96 bits per heavy atom. The number of anilines is 1. The SMILES string of the molecule is COC(C)c1noc(CN2CCCN(c3ccc4ccccc4n3)CC2)n1. The summed E-state index contributed by atoms with van der Waals surface area (Å²) in [5.41, 5.74) is 1.04. The van der Waals surface area contributed by atoms with Gasteiger partial charge < -0.3 is 14.2 Å². The van der Waals surface area contributed by atoms with E-state index in [1.54, 1.807) is 7.11 Å². The number of rotatable bonds is 5. The molecule has 0 saturated carbocycles. The maximum absolute atomic E-state index is 5.38. The molecule has 0 amide bonds. The Labute approximate surface area is 158 Å². The highest BCUT2D eigenvalue weighted by Crippen LogP contribution is 2.20. The van der Waals surface area contributed by atoms with Gasteiger partial charge in [0, 0.05) is 38.7 Å². The summed E-state index contributed by atoms with van der Waals surface area (Å²) < 4.78 is 10.6. The quantitative estimate of drug-likeness (QED) is 0.686. The number of aromatic nitrogens is 3. The largest absolute Gasteiger partial charge is 0.374 e. The third kappa shape index (κ3) is 4.09. The minimum absolute atomic E-state index is 0.152. The van der Waals surface area contributed by atoms with Crippen LogP contribution < -0.4 is 4.90 Å². The van der Waals surface area contributed by atoms with Crippen molar-refractivity contribution in [3.05, 3.63) is 48.1 Å². The second-order valence-corrected chi connectivity index (χ2v) is 6.90. The number of pyridine rings is 1. The molecule has 3 aromatic rings. The van der Waals surface area contributed by atoms with Crippen molar-refractivity contribution in [2.75, 3.05) is 38.2 Å². The predicted octanol–water partition coefficient (Wildman–Crippen LogP) is 3.04. The van der Waals surface area contributed by atoms with Gasteiger partial charge in [-0.3, -0.25) is 4.90 Å². The Kier molecular flexibility index (Phi) is 5.31. The minimum Gasteiger partial charge on any atom is -0.374 e. The smallest absolute Gasteiger partial charge is 0.240 e. The summed E-state index contributed by atoms with van der Waals surface area (Å²) in [5.74, 6) is 2.29. The van der Waals surface area contributed by atoms with E-state index >= 15 is 0 Å². The lowest BCUT2D eigenvalue weighted by atomic mass is 10.2. The van der Waals surface area contributed by atoms with Gasteiger partial charge in [-0.2, -0.15) is 4.98 Å². The van der Waals surface area contributed by atoms with Crippen molar-refractivity contribution < 1.29 is 9.26 Å². The highest BCUT2D eigenvalue weighted by atomic mass is 16.5. The van der Waals surface area contributed by atoms with Crippen LogP contribution in [-0.4, -0.2) is 53.3 Å². The van der Waals surface area contributed by atoms with Crippen LogP contribution in [0.4, 0.5) is 5.82 Å². The fourth-order valence-corrected chi connectivity index (χ4v) is 3.38. The molecule has 7 nitrogen and oxygen atoms in total. The van der Waals surface area contributed by atoms with Crippen molar-refractivity contribution in [3.63, 3.8) is 0 Å². The zero-order chi connectivity index (χ0) is 18.6. The molecule has 0 bridgehead atoms. The lowest BCUT2D eigenvalue weighted by Crippen LogP contribution is -2.31. The van der Waals surface area contributed by atoms with Crippen molar-refractivity contribution in [3.8, 4) is 0 Å². The van der Waals surface area contributed by atoms with Gasteiger partial charge in [0.25, 0.3) is 0 Å². The van der Waals surface area contributed by atoms with Gasteiger partial charge in [-0.05, 0) is 31.5 Å². The topological polar surface area (TPSA) is 67.5 Å². The van der Waals surface area contributed by atoms with Crippen LogP contribution in [0.15, 0.2) is 40.9 Å². The lowest BCUT2D eigenvalue weighted by molar-refractivity contribution is 0.109. The van der Waals surface area contributed by atoms with Crippen LogP contribution >= 0.6 is 0 Å². The number of benzene rings is 1. The molecule has 0 radical (unpaired) electrons. The van der Waals surface area contributed by atoms with E-state index in [1.807, 2.05) is 19.1 Å². The van der Waals surface area contributed by atoms with Crippen LogP contribution in [0.5, 0.6) is 0 Å². The van der Waals surface area contributed by atoms with Crippen LogP contribution in [0, 0.1) is 0 Å². The minimum atomic E-state index is -0.152. The van der Waals surface area contributed by atoms with Crippen molar-refractivity contribution >= 4 is 16.7 Å². The van der Waals surface area contributed by atoms with Crippen molar-refractivity contribution in [2.45, 2.75) is 26.0 Å². The van der Waals surface area contributed by atoms with Crippen LogP contribution in [-0.2, 0) is 11.3 Å². The zero-order valence-electron chi connectivity index (χ0n) is 15.8. The van der Waals surface area contributed by atoms with Gasteiger partial charge in [0.15, 0.2) is 5.82 Å². The van der Waals surface area contributed by atoms with Crippen LogP contribution in [0.1, 0.15) is 31.2 Å². The molecule has 27 heavy (non-hydrogen) atoms. The highest BCUT2D eigenvalue weighted by molar-refractivity contribution is 5.80. The standard InChI is InChI=1S/C20H25N5O2/c1-15(26-2)20-22-19(27-23-20)14-24-10-5-11-25(13-12-24)18-9-8-16-6-3-4-7-17(16)21-18/h3-4,6-9,15H,5,10-14H2,1-2H3. The fraction of sp³-hybridized carbons (Fsp3) is 0.450.